The molecule has 0 bridgehead atoms. The third-order valence-electron chi connectivity index (χ3n) is 12.1. The van der Waals surface area contributed by atoms with Crippen LogP contribution < -0.4 is 53.2 Å². The summed E-state index contributed by atoms with van der Waals surface area (Å²) < 4.78 is 10.0. The van der Waals surface area contributed by atoms with Gasteiger partial charge in [-0.05, 0) is 24.8 Å². The van der Waals surface area contributed by atoms with Crippen LogP contribution >= 0.6 is 35.3 Å². The van der Waals surface area contributed by atoms with Gasteiger partial charge in [-0.3, -0.25) is 52.7 Å². The fraction of sp³-hybridized carbons (Fsp3) is 0.696. The second-order valence-corrected chi connectivity index (χ2v) is 26.6. The number of amides is 10. The van der Waals surface area contributed by atoms with Crippen LogP contribution in [0.1, 0.15) is 126 Å². The zero-order valence-electron chi connectivity index (χ0n) is 49.8. The fourth-order valence-corrected chi connectivity index (χ4v) is 10.3. The van der Waals surface area contributed by atoms with Crippen LogP contribution in [0.4, 0.5) is 0 Å². The predicted molar refractivity (Wildman–Crippen MR) is 322 cm³/mol. The van der Waals surface area contributed by atoms with Crippen LogP contribution in [0.3, 0.4) is 0 Å². The van der Waals surface area contributed by atoms with Gasteiger partial charge < -0.3 is 67.7 Å². The van der Waals surface area contributed by atoms with Gasteiger partial charge in [0.25, 0.3) is 0 Å². The molecular weight excluding hydrogens is 1130 g/mol. The first-order valence-corrected chi connectivity index (χ1v) is 31.6. The number of thioether (sulfide) groups is 3. The molecule has 1 fully saturated rings. The largest absolute Gasteiger partial charge is 0.481 e. The summed E-state index contributed by atoms with van der Waals surface area (Å²) >= 11 is 3.57. The molecule has 0 radical (unpaired) electrons. The Kier molecular flexibility index (Phi) is 35.2. The van der Waals surface area contributed by atoms with E-state index in [9.17, 15) is 57.8 Å². The molecule has 24 nitrogen and oxygen atoms in total. The van der Waals surface area contributed by atoms with E-state index in [2.05, 4.69) is 53.2 Å². The Labute approximate surface area is 501 Å². The Hall–Kier alpha value is -5.64. The molecule has 1 aromatic rings. The number of carboxylic acids is 1. The lowest BCUT2D eigenvalue weighted by Gasteiger charge is -2.28. The number of carbonyl (C=O) groups excluding carboxylic acids is 10. The van der Waals surface area contributed by atoms with Gasteiger partial charge in [-0.2, -0.15) is 23.5 Å². The van der Waals surface area contributed by atoms with E-state index in [0.717, 1.165) is 31.0 Å². The summed E-state index contributed by atoms with van der Waals surface area (Å²) in [6.45, 7) is 17.5. The number of hydrogen-bond donors (Lipinski definition) is 11. The highest BCUT2D eigenvalue weighted by atomic mass is 32.2. The topological polar surface area (TPSA) is 347 Å². The minimum Gasteiger partial charge on any atom is -0.481 e. The van der Waals surface area contributed by atoms with Crippen LogP contribution in [0, 0.1) is 0 Å². The van der Waals surface area contributed by atoms with Crippen molar-refractivity contribution in [3.05, 3.63) is 35.9 Å². The highest BCUT2D eigenvalue weighted by Gasteiger charge is 2.35. The van der Waals surface area contributed by atoms with Gasteiger partial charge >= 0.3 is 5.97 Å². The van der Waals surface area contributed by atoms with Crippen molar-refractivity contribution >= 4 is 100 Å². The molecule has 11 N–H and O–H groups in total. The molecule has 1 saturated heterocycles. The average Bonchev–Trinajstić information content (AvgIpc) is 3.41. The number of nitrogens with one attached hydrogen (secondary N) is 10. The van der Waals surface area contributed by atoms with E-state index in [1.807, 2.05) is 62.3 Å². The summed E-state index contributed by atoms with van der Waals surface area (Å²) in [6.07, 6.45) is 3.25. The van der Waals surface area contributed by atoms with Crippen LogP contribution in [0.2, 0.25) is 0 Å². The van der Waals surface area contributed by atoms with Gasteiger partial charge in [0.15, 0.2) is 0 Å². The Morgan fingerprint density at radius 1 is 0.590 bits per heavy atom. The monoisotopic (exact) mass is 1220 g/mol. The number of carboxylic acid groups (broad SMARTS) is 1. The molecule has 0 spiro atoms. The summed E-state index contributed by atoms with van der Waals surface area (Å²) in [7, 11) is 0. The highest BCUT2D eigenvalue weighted by molar-refractivity contribution is 8.01. The lowest BCUT2D eigenvalue weighted by molar-refractivity contribution is -0.141. The highest BCUT2D eigenvalue weighted by Crippen LogP contribution is 2.25. The Morgan fingerprint density at radius 3 is 1.69 bits per heavy atom. The van der Waals surface area contributed by atoms with Gasteiger partial charge in [0.05, 0.1) is 45.1 Å². The number of aliphatic carboxylic acids is 1. The lowest BCUT2D eigenvalue weighted by atomic mass is 10.0. The molecule has 1 aliphatic heterocycles. The summed E-state index contributed by atoms with van der Waals surface area (Å²) in [5.74, 6) is -10.0. The minimum absolute atomic E-state index is 0.0629. The van der Waals surface area contributed by atoms with E-state index in [1.54, 1.807) is 30.3 Å². The van der Waals surface area contributed by atoms with Gasteiger partial charge in [0.2, 0.25) is 59.1 Å². The maximum Gasteiger partial charge on any atom is 0.305 e. The van der Waals surface area contributed by atoms with E-state index in [0.29, 0.717) is 44.6 Å². The maximum atomic E-state index is 14.6. The van der Waals surface area contributed by atoms with Crippen molar-refractivity contribution in [2.75, 3.05) is 69.1 Å². The molecule has 0 aliphatic carbocycles. The van der Waals surface area contributed by atoms with Crippen molar-refractivity contribution < 1.29 is 67.3 Å². The molecule has 0 unspecified atom stereocenters. The predicted octanol–water partition coefficient (Wildman–Crippen LogP) is 1.47. The normalized spacial score (nSPS) is 21.8. The number of rotatable bonds is 26. The second-order valence-electron chi connectivity index (χ2n) is 21.8. The maximum absolute atomic E-state index is 14.6. The summed E-state index contributed by atoms with van der Waals surface area (Å²) in [4.78, 5) is 152. The van der Waals surface area contributed by atoms with Crippen LogP contribution in [0.25, 0.3) is 0 Å². The molecule has 1 aliphatic rings. The van der Waals surface area contributed by atoms with E-state index < -0.39 is 132 Å². The quantitative estimate of drug-likeness (QED) is 0.0585. The third kappa shape index (κ3) is 32.9. The van der Waals surface area contributed by atoms with Crippen molar-refractivity contribution in [2.24, 2.45) is 0 Å². The Bertz CT molecular complexity index is 2250. The van der Waals surface area contributed by atoms with Gasteiger partial charge in [-0.15, -0.1) is 11.8 Å². The number of unbranched alkanes of at least 4 members (excludes halogenated alkanes) is 3. The molecular formula is C56H92N10O14S3. The van der Waals surface area contributed by atoms with E-state index in [1.165, 1.54) is 23.5 Å². The molecule has 7 atom stereocenters. The van der Waals surface area contributed by atoms with Crippen molar-refractivity contribution in [3.8, 4) is 0 Å². The zero-order chi connectivity index (χ0) is 62.0. The fourth-order valence-electron chi connectivity index (χ4n) is 7.69. The number of ether oxygens (including phenoxy) is 2. The lowest BCUT2D eigenvalue weighted by Crippen LogP contribution is -2.60. The first-order chi connectivity index (χ1) is 39.2. The molecule has 1 heterocycles. The molecule has 10 amide bonds. The average molecular weight is 1230 g/mol. The second kappa shape index (κ2) is 39.8. The first-order valence-electron chi connectivity index (χ1n) is 28.4. The molecule has 0 saturated carbocycles. The Balaban J connectivity index is 2.73. The van der Waals surface area contributed by atoms with Gasteiger partial charge in [0, 0.05) is 46.3 Å². The van der Waals surface area contributed by atoms with Gasteiger partial charge in [-0.1, -0.05) is 125 Å². The van der Waals surface area contributed by atoms with E-state index >= 15 is 0 Å². The molecule has 468 valence electrons. The number of hydrogen-bond acceptors (Lipinski definition) is 16. The van der Waals surface area contributed by atoms with E-state index in [4.69, 9.17) is 9.47 Å². The SMILES string of the molecule is CCCCC[C@@H]1NC(=O)CSC[C@@H](C(=O)NCC(=O)NCCOCCOCCC)NC(=O)[C@H](Cc2ccccc2)NC(=O)[C@H](CSC(C)(C)C)NC(=O)[C@H](CC(=O)O)NC(=O)CNC(=O)[C@H](CCCC)NC(=O)[C@H](CSC(C)(C)C)NC1=O. The molecule has 1 aromatic carbocycles. The van der Waals surface area contributed by atoms with Gasteiger partial charge in [0.1, 0.15) is 42.3 Å². The van der Waals surface area contributed by atoms with Crippen LogP contribution in [0.15, 0.2) is 30.3 Å². The van der Waals surface area contributed by atoms with Crippen LogP contribution in [-0.4, -0.2) is 191 Å². The molecule has 27 heteroatoms. The summed E-state index contributed by atoms with van der Waals surface area (Å²) in [5.41, 5.74) is 0.583. The van der Waals surface area contributed by atoms with Gasteiger partial charge in [-0.25, -0.2) is 0 Å². The summed E-state index contributed by atoms with van der Waals surface area (Å²) in [6, 6.07) is -1.03. The molecule has 83 heavy (non-hydrogen) atoms. The number of benzene rings is 1. The minimum atomic E-state index is -1.77. The zero-order valence-corrected chi connectivity index (χ0v) is 52.2. The van der Waals surface area contributed by atoms with E-state index in [-0.39, 0.29) is 60.2 Å². The molecule has 0 aromatic heterocycles. The van der Waals surface area contributed by atoms with Crippen molar-refractivity contribution in [2.45, 2.75) is 178 Å². The van der Waals surface area contributed by atoms with Crippen molar-refractivity contribution in [1.29, 1.82) is 0 Å². The summed E-state index contributed by atoms with van der Waals surface area (Å²) in [5, 5.41) is 36.1. The Morgan fingerprint density at radius 2 is 1.11 bits per heavy atom. The number of carbonyl (C=O) groups is 11. The van der Waals surface area contributed by atoms with Crippen molar-refractivity contribution in [1.82, 2.24) is 53.2 Å². The van der Waals surface area contributed by atoms with Crippen molar-refractivity contribution in [3.63, 3.8) is 0 Å². The molecule has 2 rings (SSSR count). The van der Waals surface area contributed by atoms with Crippen LogP contribution in [-0.2, 0) is 68.6 Å². The smallest absolute Gasteiger partial charge is 0.305 e. The standard InChI is InChI=1S/C56H92N10O14S3/c1-10-13-16-22-38-50(74)65-42(33-82-55(4,5)6)53(77)62-37(21-14-11-2)48(72)59-31-45(68)61-40(29-47(70)71)52(76)66-43(34-83-56(7,8)9)54(78)63-39(28-36-19-17-15-18-20-36)51(75)64-41(32-81-35-46(69)60-38)49(73)58-30-44(67)57-23-25-80-27-26-79-24-12-3/h15,17-20,37-43H,10-14,16,21-35H2,1-9H3,(H,57,67)(H,58,73)(H,59,72)(H,60,69)(H,61,68)(H,62,77)(H,63,78)(H,64,75)(H,65,74)(H,66,76)(H,70,71)/t37-,38-,39-,40-,41-,42-,43-/m0/s1. The first kappa shape index (κ1) is 73.5. The van der Waals surface area contributed by atoms with Crippen LogP contribution in [0.5, 0.6) is 0 Å². The third-order valence-corrected chi connectivity index (χ3v) is 15.9.